The molecule has 2 aromatic rings. The third-order valence-electron chi connectivity index (χ3n) is 5.21. The van der Waals surface area contributed by atoms with Crippen LogP contribution in [0.4, 0.5) is 4.39 Å². The van der Waals surface area contributed by atoms with Crippen LogP contribution in [0.5, 0.6) is 5.75 Å². The van der Waals surface area contributed by atoms with E-state index in [9.17, 15) is 19.6 Å². The van der Waals surface area contributed by atoms with Gasteiger partial charge in [0.25, 0.3) is 0 Å². The number of amides is 1. The fourth-order valence-corrected chi connectivity index (χ4v) is 5.16. The van der Waals surface area contributed by atoms with Gasteiger partial charge in [0.05, 0.1) is 29.0 Å². The molecule has 0 saturated carbocycles. The monoisotopic (exact) mass is 410 g/mol. The molecule has 1 N–H and O–H groups in total. The number of carbonyl (C=O) groups is 1. The van der Waals surface area contributed by atoms with E-state index in [2.05, 4.69) is 6.07 Å². The van der Waals surface area contributed by atoms with Crippen molar-refractivity contribution in [3.05, 3.63) is 76.1 Å². The average molecular weight is 410 g/mol. The zero-order valence-electron chi connectivity index (χ0n) is 15.8. The summed E-state index contributed by atoms with van der Waals surface area (Å²) in [5.41, 5.74) is 0.128. The van der Waals surface area contributed by atoms with Crippen LogP contribution in [0.15, 0.2) is 59.1 Å². The largest absolute Gasteiger partial charge is 0.494 e. The third kappa shape index (κ3) is 3.28. The van der Waals surface area contributed by atoms with Gasteiger partial charge in [0.2, 0.25) is 5.91 Å². The van der Waals surface area contributed by atoms with Crippen LogP contribution in [0, 0.1) is 17.1 Å². The fourth-order valence-electron chi connectivity index (χ4n) is 3.80. The van der Waals surface area contributed by atoms with E-state index >= 15 is 0 Å². The lowest BCUT2D eigenvalue weighted by molar-refractivity contribution is -0.149. The molecule has 29 heavy (non-hydrogen) atoms. The molecule has 2 atom stereocenters. The van der Waals surface area contributed by atoms with Crippen molar-refractivity contribution in [1.82, 2.24) is 4.90 Å². The second-order valence-corrected chi connectivity index (χ2v) is 7.89. The van der Waals surface area contributed by atoms with Gasteiger partial charge in [-0.25, -0.2) is 4.39 Å². The van der Waals surface area contributed by atoms with Crippen molar-refractivity contribution in [3.63, 3.8) is 0 Å². The Hall–Kier alpha value is -2.82. The Bertz CT molecular complexity index is 1010. The summed E-state index contributed by atoms with van der Waals surface area (Å²) in [5, 5.41) is 21.6. The van der Waals surface area contributed by atoms with Gasteiger partial charge < -0.3 is 9.84 Å². The molecule has 0 spiro atoms. The minimum absolute atomic E-state index is 0.0738. The normalized spacial score (nSPS) is 23.7. The van der Waals surface area contributed by atoms with Crippen molar-refractivity contribution in [2.24, 2.45) is 0 Å². The summed E-state index contributed by atoms with van der Waals surface area (Å²) in [7, 11) is 0. The first-order valence-electron chi connectivity index (χ1n) is 9.29. The summed E-state index contributed by atoms with van der Waals surface area (Å²) in [6, 6.07) is 15.1. The Kier molecular flexibility index (Phi) is 5.07. The SMILES string of the molecule is CCOc1ccc([C@@H]2CC(=O)N3C(=C2C#N)SC[C@@]3(O)c2ccc(F)cc2)cc1. The van der Waals surface area contributed by atoms with Crippen molar-refractivity contribution in [3.8, 4) is 11.8 Å². The van der Waals surface area contributed by atoms with Gasteiger partial charge >= 0.3 is 0 Å². The second kappa shape index (κ2) is 7.54. The number of allylic oxidation sites excluding steroid dienone is 1. The molecule has 0 aromatic heterocycles. The summed E-state index contributed by atoms with van der Waals surface area (Å²) in [5.74, 6) is -0.155. The maximum absolute atomic E-state index is 13.3. The summed E-state index contributed by atoms with van der Waals surface area (Å²) in [6.07, 6.45) is 0.0738. The maximum Gasteiger partial charge on any atom is 0.231 e. The van der Waals surface area contributed by atoms with Crippen LogP contribution >= 0.6 is 11.8 Å². The highest BCUT2D eigenvalue weighted by atomic mass is 32.2. The Morgan fingerprint density at radius 2 is 1.97 bits per heavy atom. The highest BCUT2D eigenvalue weighted by molar-refractivity contribution is 8.03. The number of rotatable bonds is 4. The number of carbonyl (C=O) groups excluding carboxylic acids is 1. The molecule has 2 aliphatic rings. The standard InChI is InChI=1S/C22H19FN2O3S/c1-2-28-17-9-3-14(4-10-17)18-11-20(26)25-21(19(18)12-24)29-13-22(25,27)15-5-7-16(23)8-6-15/h3-10,18,27H,2,11,13H2,1H3/t18-,22+/m0/s1. The minimum atomic E-state index is -1.60. The first kappa shape index (κ1) is 19.5. The number of hydrogen-bond acceptors (Lipinski definition) is 5. The van der Waals surface area contributed by atoms with E-state index < -0.39 is 11.5 Å². The molecule has 0 aliphatic carbocycles. The lowest BCUT2D eigenvalue weighted by Gasteiger charge is -2.38. The van der Waals surface area contributed by atoms with Gasteiger partial charge in [-0.3, -0.25) is 9.69 Å². The molecule has 0 bridgehead atoms. The van der Waals surface area contributed by atoms with Gasteiger partial charge in [-0.15, -0.1) is 11.8 Å². The van der Waals surface area contributed by atoms with E-state index in [4.69, 9.17) is 4.74 Å². The van der Waals surface area contributed by atoms with Crippen LogP contribution in [0.3, 0.4) is 0 Å². The van der Waals surface area contributed by atoms with Crippen LogP contribution in [0.2, 0.25) is 0 Å². The van der Waals surface area contributed by atoms with E-state index in [0.717, 1.165) is 11.3 Å². The minimum Gasteiger partial charge on any atom is -0.494 e. The highest BCUT2D eigenvalue weighted by Crippen LogP contribution is 2.51. The zero-order chi connectivity index (χ0) is 20.6. The van der Waals surface area contributed by atoms with E-state index in [-0.39, 0.29) is 24.0 Å². The molecule has 7 heteroatoms. The van der Waals surface area contributed by atoms with Crippen molar-refractivity contribution in [2.75, 3.05) is 12.4 Å². The number of ether oxygens (including phenoxy) is 1. The van der Waals surface area contributed by atoms with Gasteiger partial charge in [-0.1, -0.05) is 24.3 Å². The molecule has 5 nitrogen and oxygen atoms in total. The number of halogens is 1. The first-order valence-corrected chi connectivity index (χ1v) is 10.3. The highest BCUT2D eigenvalue weighted by Gasteiger charge is 2.51. The molecule has 2 aliphatic heterocycles. The van der Waals surface area contributed by atoms with Crippen LogP contribution in [-0.4, -0.2) is 28.3 Å². The number of nitrogens with zero attached hydrogens (tertiary/aromatic N) is 2. The van der Waals surface area contributed by atoms with Crippen LogP contribution in [0.25, 0.3) is 0 Å². The van der Waals surface area contributed by atoms with Crippen LogP contribution in [-0.2, 0) is 10.5 Å². The number of thioether (sulfide) groups is 1. The first-order chi connectivity index (χ1) is 14.0. The Balaban J connectivity index is 1.73. The number of aliphatic hydroxyl groups is 1. The Labute approximate surface area is 172 Å². The van der Waals surface area contributed by atoms with Gasteiger partial charge in [0, 0.05) is 17.9 Å². The molecular formula is C22H19FN2O3S. The van der Waals surface area contributed by atoms with E-state index in [1.807, 2.05) is 31.2 Å². The number of nitriles is 1. The van der Waals surface area contributed by atoms with Crippen molar-refractivity contribution in [2.45, 2.75) is 25.0 Å². The molecule has 1 fully saturated rings. The number of hydrogen-bond donors (Lipinski definition) is 1. The zero-order valence-corrected chi connectivity index (χ0v) is 16.6. The molecular weight excluding hydrogens is 391 g/mol. The Morgan fingerprint density at radius 3 is 2.59 bits per heavy atom. The molecule has 1 saturated heterocycles. The summed E-state index contributed by atoms with van der Waals surface area (Å²) < 4.78 is 18.8. The van der Waals surface area contributed by atoms with Crippen molar-refractivity contribution >= 4 is 17.7 Å². The quantitative estimate of drug-likeness (QED) is 0.828. The Morgan fingerprint density at radius 1 is 1.28 bits per heavy atom. The van der Waals surface area contributed by atoms with E-state index in [0.29, 0.717) is 22.8 Å². The third-order valence-corrected chi connectivity index (χ3v) is 6.43. The predicted molar refractivity (Wildman–Crippen MR) is 107 cm³/mol. The maximum atomic E-state index is 13.3. The van der Waals surface area contributed by atoms with Gasteiger partial charge in [-0.2, -0.15) is 5.26 Å². The van der Waals surface area contributed by atoms with Crippen molar-refractivity contribution in [1.29, 1.82) is 5.26 Å². The molecule has 0 radical (unpaired) electrons. The van der Waals surface area contributed by atoms with Crippen LogP contribution in [0.1, 0.15) is 30.4 Å². The lowest BCUT2D eigenvalue weighted by Crippen LogP contribution is -2.48. The van der Waals surface area contributed by atoms with Gasteiger partial charge in [0.1, 0.15) is 11.6 Å². The fraction of sp³-hybridized carbons (Fsp3) is 0.273. The molecule has 4 rings (SSSR count). The van der Waals surface area contributed by atoms with E-state index in [1.165, 1.54) is 40.9 Å². The summed E-state index contributed by atoms with van der Waals surface area (Å²) >= 11 is 1.27. The molecule has 0 unspecified atom stereocenters. The van der Waals surface area contributed by atoms with Crippen molar-refractivity contribution < 1.29 is 19.0 Å². The molecule has 1 amide bonds. The molecule has 148 valence electrons. The average Bonchev–Trinajstić information content (AvgIpc) is 3.08. The van der Waals surface area contributed by atoms with E-state index in [1.54, 1.807) is 0 Å². The molecule has 2 aromatic carbocycles. The second-order valence-electron chi connectivity index (χ2n) is 6.93. The van der Waals surface area contributed by atoms with Gasteiger partial charge in [0.15, 0.2) is 5.72 Å². The topological polar surface area (TPSA) is 73.6 Å². The number of fused-ring (bicyclic) bond motifs is 1. The predicted octanol–water partition coefficient (Wildman–Crippen LogP) is 3.87. The lowest BCUT2D eigenvalue weighted by atomic mass is 9.85. The summed E-state index contributed by atoms with van der Waals surface area (Å²) in [4.78, 5) is 14.4. The van der Waals surface area contributed by atoms with Gasteiger partial charge in [-0.05, 0) is 36.8 Å². The number of benzene rings is 2. The van der Waals surface area contributed by atoms with Crippen LogP contribution < -0.4 is 4.74 Å². The summed E-state index contributed by atoms with van der Waals surface area (Å²) in [6.45, 7) is 2.46. The smallest absolute Gasteiger partial charge is 0.231 e. The molecule has 2 heterocycles.